The summed E-state index contributed by atoms with van der Waals surface area (Å²) in [6.07, 6.45) is 2.36. The number of esters is 1. The Bertz CT molecular complexity index is 931. The summed E-state index contributed by atoms with van der Waals surface area (Å²) in [5, 5.41) is 0. The van der Waals surface area contributed by atoms with Crippen LogP contribution in [0.5, 0.6) is 0 Å². The average Bonchev–Trinajstić information content (AvgIpc) is 2.64. The van der Waals surface area contributed by atoms with Crippen LogP contribution in [0.4, 0.5) is 0 Å². The van der Waals surface area contributed by atoms with Gasteiger partial charge < -0.3 is 4.74 Å². The van der Waals surface area contributed by atoms with Gasteiger partial charge in [-0.25, -0.2) is 4.79 Å². The first-order valence-corrected chi connectivity index (χ1v) is 10.2. The lowest BCUT2D eigenvalue weighted by atomic mass is 9.61. The molecule has 0 N–H and O–H groups in total. The van der Waals surface area contributed by atoms with Crippen LogP contribution in [-0.2, 0) is 20.4 Å². The Morgan fingerprint density at radius 2 is 1.75 bits per heavy atom. The second-order valence-electron chi connectivity index (χ2n) is 9.28. The molecule has 2 nitrogen and oxygen atoms in total. The predicted octanol–water partition coefficient (Wildman–Crippen LogP) is 6.59. The van der Waals surface area contributed by atoms with Crippen LogP contribution in [-0.4, -0.2) is 12.6 Å². The lowest BCUT2D eigenvalue weighted by molar-refractivity contribution is -0.136. The quantitative estimate of drug-likeness (QED) is 0.444. The third-order valence-corrected chi connectivity index (χ3v) is 6.11. The molecule has 2 heteroatoms. The van der Waals surface area contributed by atoms with Gasteiger partial charge in [-0.1, -0.05) is 70.2 Å². The zero-order valence-corrected chi connectivity index (χ0v) is 18.1. The SMILES string of the molecule is C=C(C(=O)OCC)c1cccc(-c2cc(C)cc3c2C(C)(C)CCC3(C)C)c1. The fourth-order valence-electron chi connectivity index (χ4n) is 4.37. The van der Waals surface area contributed by atoms with Crippen molar-refractivity contribution in [3.63, 3.8) is 0 Å². The van der Waals surface area contributed by atoms with Gasteiger partial charge in [0.25, 0.3) is 0 Å². The van der Waals surface area contributed by atoms with E-state index in [0.717, 1.165) is 17.5 Å². The van der Waals surface area contributed by atoms with E-state index in [1.54, 1.807) is 0 Å². The molecule has 2 aromatic rings. The van der Waals surface area contributed by atoms with E-state index in [9.17, 15) is 4.79 Å². The molecular formula is C26H32O2. The molecule has 0 fully saturated rings. The summed E-state index contributed by atoms with van der Waals surface area (Å²) in [6.45, 7) is 17.7. The molecule has 1 aliphatic rings. The van der Waals surface area contributed by atoms with Crippen molar-refractivity contribution in [3.8, 4) is 11.1 Å². The molecule has 0 bridgehead atoms. The lowest BCUT2D eigenvalue weighted by Gasteiger charge is -2.43. The van der Waals surface area contributed by atoms with E-state index < -0.39 is 0 Å². The van der Waals surface area contributed by atoms with E-state index in [1.165, 1.54) is 28.7 Å². The minimum absolute atomic E-state index is 0.113. The van der Waals surface area contributed by atoms with Gasteiger partial charge in [-0.2, -0.15) is 0 Å². The molecule has 0 aromatic heterocycles. The van der Waals surface area contributed by atoms with E-state index in [2.05, 4.69) is 65.5 Å². The Labute approximate surface area is 169 Å². The van der Waals surface area contributed by atoms with Crippen molar-refractivity contribution in [1.29, 1.82) is 0 Å². The molecule has 0 amide bonds. The molecule has 0 saturated heterocycles. The molecule has 0 radical (unpaired) electrons. The zero-order valence-electron chi connectivity index (χ0n) is 18.1. The number of benzene rings is 2. The molecule has 0 heterocycles. The van der Waals surface area contributed by atoms with E-state index >= 15 is 0 Å². The molecule has 0 spiro atoms. The van der Waals surface area contributed by atoms with Crippen LogP contribution in [0.1, 0.15) is 69.7 Å². The van der Waals surface area contributed by atoms with Crippen molar-refractivity contribution in [1.82, 2.24) is 0 Å². The highest BCUT2D eigenvalue weighted by molar-refractivity contribution is 6.15. The molecule has 0 saturated carbocycles. The van der Waals surface area contributed by atoms with Crippen LogP contribution in [0.2, 0.25) is 0 Å². The summed E-state index contributed by atoms with van der Waals surface area (Å²) in [5.74, 6) is -0.354. The largest absolute Gasteiger partial charge is 0.462 e. The van der Waals surface area contributed by atoms with Crippen molar-refractivity contribution in [3.05, 3.63) is 65.2 Å². The Morgan fingerprint density at radius 1 is 1.07 bits per heavy atom. The molecule has 148 valence electrons. The third kappa shape index (κ3) is 3.65. The highest BCUT2D eigenvalue weighted by Gasteiger charge is 2.38. The van der Waals surface area contributed by atoms with Gasteiger partial charge in [0.15, 0.2) is 0 Å². The first-order chi connectivity index (χ1) is 13.1. The van der Waals surface area contributed by atoms with Gasteiger partial charge in [0.05, 0.1) is 12.2 Å². The lowest BCUT2D eigenvalue weighted by Crippen LogP contribution is -2.34. The summed E-state index contributed by atoms with van der Waals surface area (Å²) in [6, 6.07) is 12.8. The highest BCUT2D eigenvalue weighted by Crippen LogP contribution is 2.49. The number of fused-ring (bicyclic) bond motifs is 1. The summed E-state index contributed by atoms with van der Waals surface area (Å²) in [7, 11) is 0. The van der Waals surface area contributed by atoms with Crippen LogP contribution in [0.3, 0.4) is 0 Å². The Hall–Kier alpha value is -2.35. The third-order valence-electron chi connectivity index (χ3n) is 6.11. The molecule has 0 atom stereocenters. The first-order valence-electron chi connectivity index (χ1n) is 10.2. The Kier molecular flexibility index (Phi) is 5.27. The number of ether oxygens (including phenoxy) is 1. The van der Waals surface area contributed by atoms with Crippen LogP contribution >= 0.6 is 0 Å². The molecular weight excluding hydrogens is 344 g/mol. The predicted molar refractivity (Wildman–Crippen MR) is 118 cm³/mol. The number of aryl methyl sites for hydroxylation is 1. The maximum absolute atomic E-state index is 12.1. The summed E-state index contributed by atoms with van der Waals surface area (Å²) < 4.78 is 5.14. The molecule has 1 aliphatic carbocycles. The number of carbonyl (C=O) groups is 1. The van der Waals surface area contributed by atoms with Crippen molar-refractivity contribution in [2.24, 2.45) is 0 Å². The molecule has 3 rings (SSSR count). The minimum atomic E-state index is -0.354. The number of rotatable bonds is 4. The van der Waals surface area contributed by atoms with E-state index in [0.29, 0.717) is 12.2 Å². The van der Waals surface area contributed by atoms with Crippen molar-refractivity contribution in [2.45, 2.75) is 65.2 Å². The number of carbonyl (C=O) groups excluding carboxylic acids is 1. The number of hydrogen-bond donors (Lipinski definition) is 0. The first kappa shape index (κ1) is 20.4. The second-order valence-corrected chi connectivity index (χ2v) is 9.28. The monoisotopic (exact) mass is 376 g/mol. The fourth-order valence-corrected chi connectivity index (χ4v) is 4.37. The van der Waals surface area contributed by atoms with Gasteiger partial charge >= 0.3 is 5.97 Å². The standard InChI is InChI=1S/C26H32O2/c1-8-28-24(27)18(3)19-10-9-11-20(16-19)21-14-17(2)15-22-23(21)26(6,7)13-12-25(22,4)5/h9-11,14-16H,3,8,12-13H2,1-2,4-7H3. The average molecular weight is 377 g/mol. The van der Waals surface area contributed by atoms with Gasteiger partial charge in [0.1, 0.15) is 0 Å². The Morgan fingerprint density at radius 3 is 2.43 bits per heavy atom. The molecule has 28 heavy (non-hydrogen) atoms. The smallest absolute Gasteiger partial charge is 0.338 e. The topological polar surface area (TPSA) is 26.3 Å². The van der Waals surface area contributed by atoms with Gasteiger partial charge in [-0.15, -0.1) is 0 Å². The van der Waals surface area contributed by atoms with Crippen molar-refractivity contribution >= 4 is 11.5 Å². The van der Waals surface area contributed by atoms with E-state index in [4.69, 9.17) is 4.74 Å². The molecule has 0 unspecified atom stereocenters. The van der Waals surface area contributed by atoms with Crippen molar-refractivity contribution < 1.29 is 9.53 Å². The van der Waals surface area contributed by atoms with Crippen LogP contribution in [0, 0.1) is 6.92 Å². The van der Waals surface area contributed by atoms with Gasteiger partial charge in [-0.3, -0.25) is 0 Å². The summed E-state index contributed by atoms with van der Waals surface area (Å²) >= 11 is 0. The van der Waals surface area contributed by atoms with Crippen LogP contribution in [0.15, 0.2) is 43.0 Å². The molecule has 0 aliphatic heterocycles. The fraction of sp³-hybridized carbons (Fsp3) is 0.423. The van der Waals surface area contributed by atoms with Gasteiger partial charge in [0.2, 0.25) is 0 Å². The van der Waals surface area contributed by atoms with E-state index in [1.807, 2.05) is 19.1 Å². The van der Waals surface area contributed by atoms with Gasteiger partial charge in [-0.05, 0) is 71.4 Å². The van der Waals surface area contributed by atoms with Gasteiger partial charge in [0, 0.05) is 0 Å². The Balaban J connectivity index is 2.18. The highest BCUT2D eigenvalue weighted by atomic mass is 16.5. The van der Waals surface area contributed by atoms with Crippen LogP contribution < -0.4 is 0 Å². The van der Waals surface area contributed by atoms with Crippen molar-refractivity contribution in [2.75, 3.05) is 6.61 Å². The molecule has 2 aromatic carbocycles. The second kappa shape index (κ2) is 7.24. The minimum Gasteiger partial charge on any atom is -0.462 e. The summed E-state index contributed by atoms with van der Waals surface area (Å²) in [5.41, 5.74) is 8.07. The van der Waals surface area contributed by atoms with E-state index in [-0.39, 0.29) is 16.8 Å². The maximum Gasteiger partial charge on any atom is 0.338 e. The summed E-state index contributed by atoms with van der Waals surface area (Å²) in [4.78, 5) is 12.1. The zero-order chi connectivity index (χ0) is 20.7. The number of hydrogen-bond acceptors (Lipinski definition) is 2. The normalized spacial score (nSPS) is 16.9. The maximum atomic E-state index is 12.1. The van der Waals surface area contributed by atoms with Crippen LogP contribution in [0.25, 0.3) is 16.7 Å².